The fraction of sp³-hybridized carbons (Fsp3) is 0.632. The average molecular weight is 349 g/mol. The first-order valence-corrected chi connectivity index (χ1v) is 8.97. The van der Waals surface area contributed by atoms with Gasteiger partial charge in [-0.15, -0.1) is 0 Å². The van der Waals surface area contributed by atoms with Crippen LogP contribution in [0.25, 0.3) is 0 Å². The summed E-state index contributed by atoms with van der Waals surface area (Å²) in [5, 5.41) is 3.40. The van der Waals surface area contributed by atoms with Gasteiger partial charge in [-0.05, 0) is 25.3 Å². The van der Waals surface area contributed by atoms with E-state index in [1.165, 1.54) is 0 Å². The number of rotatable bonds is 8. The number of para-hydroxylation sites is 1. The predicted octanol–water partition coefficient (Wildman–Crippen LogP) is 2.29. The molecule has 0 amide bonds. The van der Waals surface area contributed by atoms with Gasteiger partial charge in [0.05, 0.1) is 13.2 Å². The molecule has 0 radical (unpaired) electrons. The van der Waals surface area contributed by atoms with Crippen LogP contribution in [0.4, 0.5) is 0 Å². The third-order valence-corrected chi connectivity index (χ3v) is 4.30. The summed E-state index contributed by atoms with van der Waals surface area (Å²) in [6, 6.07) is 8.06. The molecule has 6 heteroatoms. The van der Waals surface area contributed by atoms with Crippen LogP contribution in [0.5, 0.6) is 5.75 Å². The molecule has 0 atom stereocenters. The Morgan fingerprint density at radius 2 is 2.08 bits per heavy atom. The van der Waals surface area contributed by atoms with Crippen molar-refractivity contribution in [1.82, 2.24) is 10.2 Å². The summed E-state index contributed by atoms with van der Waals surface area (Å²) in [6.45, 7) is 3.99. The zero-order valence-electron chi connectivity index (χ0n) is 15.7. The highest BCUT2D eigenvalue weighted by molar-refractivity contribution is 5.79. The van der Waals surface area contributed by atoms with Crippen molar-refractivity contribution >= 4 is 5.96 Å². The fourth-order valence-corrected chi connectivity index (χ4v) is 2.91. The minimum Gasteiger partial charge on any atom is -0.496 e. The molecule has 1 fully saturated rings. The quantitative estimate of drug-likeness (QED) is 0.443. The maximum absolute atomic E-state index is 5.89. The van der Waals surface area contributed by atoms with E-state index in [-0.39, 0.29) is 0 Å². The van der Waals surface area contributed by atoms with Crippen molar-refractivity contribution in [1.29, 1.82) is 0 Å². The van der Waals surface area contributed by atoms with Crippen LogP contribution in [0.1, 0.15) is 24.8 Å². The largest absolute Gasteiger partial charge is 0.496 e. The second-order valence-electron chi connectivity index (χ2n) is 6.18. The Labute approximate surface area is 151 Å². The molecule has 1 aliphatic heterocycles. The zero-order chi connectivity index (χ0) is 17.9. The summed E-state index contributed by atoms with van der Waals surface area (Å²) < 4.78 is 16.7. The number of ether oxygens (including phenoxy) is 3. The third kappa shape index (κ3) is 6.55. The monoisotopic (exact) mass is 349 g/mol. The Bertz CT molecular complexity index is 530. The van der Waals surface area contributed by atoms with Crippen molar-refractivity contribution in [3.8, 4) is 5.75 Å². The molecule has 0 spiro atoms. The second kappa shape index (κ2) is 10.9. The first-order chi connectivity index (χ1) is 12.2. The minimum atomic E-state index is 0.362. The van der Waals surface area contributed by atoms with E-state index in [1.54, 1.807) is 14.2 Å². The van der Waals surface area contributed by atoms with Crippen molar-refractivity contribution in [2.45, 2.75) is 31.9 Å². The molecule has 25 heavy (non-hydrogen) atoms. The number of nitrogens with zero attached hydrogens (tertiary/aromatic N) is 2. The van der Waals surface area contributed by atoms with Crippen LogP contribution >= 0.6 is 0 Å². The van der Waals surface area contributed by atoms with E-state index in [1.807, 2.05) is 25.2 Å². The number of guanidine groups is 1. The Morgan fingerprint density at radius 3 is 2.80 bits per heavy atom. The standard InChI is InChI=1S/C19H31N3O3/c1-20-19(21-11-6-12-25-17-9-13-24-14-10-17)22(2)15-16-7-4-5-8-18(16)23-3/h4-5,7-8,17H,6,9-15H2,1-3H3,(H,20,21). The number of nitrogens with one attached hydrogen (secondary N) is 1. The summed E-state index contributed by atoms with van der Waals surface area (Å²) in [6.07, 6.45) is 3.34. The molecule has 1 aliphatic rings. The van der Waals surface area contributed by atoms with Crippen molar-refractivity contribution in [2.24, 2.45) is 4.99 Å². The number of aliphatic imine (C=N–C) groups is 1. The predicted molar refractivity (Wildman–Crippen MR) is 100 cm³/mol. The van der Waals surface area contributed by atoms with E-state index in [4.69, 9.17) is 14.2 Å². The van der Waals surface area contributed by atoms with Gasteiger partial charge in [-0.3, -0.25) is 4.99 Å². The Balaban J connectivity index is 1.70. The molecule has 0 aliphatic carbocycles. The molecule has 0 bridgehead atoms. The highest BCUT2D eigenvalue weighted by Gasteiger charge is 2.14. The maximum Gasteiger partial charge on any atom is 0.193 e. The molecule has 1 N–H and O–H groups in total. The van der Waals surface area contributed by atoms with E-state index in [9.17, 15) is 0 Å². The van der Waals surface area contributed by atoms with Crippen molar-refractivity contribution in [3.63, 3.8) is 0 Å². The molecule has 1 heterocycles. The molecule has 2 rings (SSSR count). The summed E-state index contributed by atoms with van der Waals surface area (Å²) in [7, 11) is 5.53. The molecule has 1 aromatic rings. The molecular formula is C19H31N3O3. The number of hydrogen-bond donors (Lipinski definition) is 1. The number of methoxy groups -OCH3 is 1. The first-order valence-electron chi connectivity index (χ1n) is 8.97. The molecule has 1 saturated heterocycles. The van der Waals surface area contributed by atoms with Crippen LogP contribution in [0, 0.1) is 0 Å². The smallest absolute Gasteiger partial charge is 0.193 e. The van der Waals surface area contributed by atoms with E-state index < -0.39 is 0 Å². The van der Waals surface area contributed by atoms with Gasteiger partial charge in [0, 0.05) is 52.6 Å². The van der Waals surface area contributed by atoms with Gasteiger partial charge in [0.25, 0.3) is 0 Å². The minimum absolute atomic E-state index is 0.362. The number of benzene rings is 1. The number of hydrogen-bond acceptors (Lipinski definition) is 4. The molecule has 140 valence electrons. The van der Waals surface area contributed by atoms with Crippen molar-refractivity contribution in [3.05, 3.63) is 29.8 Å². The highest BCUT2D eigenvalue weighted by Crippen LogP contribution is 2.18. The van der Waals surface area contributed by atoms with E-state index in [0.717, 1.165) is 69.4 Å². The van der Waals surface area contributed by atoms with E-state index in [2.05, 4.69) is 21.3 Å². The van der Waals surface area contributed by atoms with Gasteiger partial charge in [-0.2, -0.15) is 0 Å². The van der Waals surface area contributed by atoms with Crippen molar-refractivity contribution in [2.75, 3.05) is 47.6 Å². The van der Waals surface area contributed by atoms with Crippen LogP contribution in [0.15, 0.2) is 29.3 Å². The van der Waals surface area contributed by atoms with Crippen LogP contribution in [0.2, 0.25) is 0 Å². The Kier molecular flexibility index (Phi) is 8.55. The lowest BCUT2D eigenvalue weighted by Crippen LogP contribution is -2.39. The molecule has 6 nitrogen and oxygen atoms in total. The fourth-order valence-electron chi connectivity index (χ4n) is 2.91. The topological polar surface area (TPSA) is 55.3 Å². The van der Waals surface area contributed by atoms with Crippen LogP contribution in [-0.2, 0) is 16.0 Å². The van der Waals surface area contributed by atoms with Gasteiger partial charge in [0.15, 0.2) is 5.96 Å². The summed E-state index contributed by atoms with van der Waals surface area (Å²) in [5.41, 5.74) is 1.14. The van der Waals surface area contributed by atoms with E-state index in [0.29, 0.717) is 6.10 Å². The van der Waals surface area contributed by atoms with Crippen LogP contribution < -0.4 is 10.1 Å². The molecule has 0 aromatic heterocycles. The van der Waals surface area contributed by atoms with Gasteiger partial charge in [-0.1, -0.05) is 18.2 Å². The lowest BCUT2D eigenvalue weighted by atomic mass is 10.1. The third-order valence-electron chi connectivity index (χ3n) is 4.30. The Morgan fingerprint density at radius 1 is 1.32 bits per heavy atom. The first kappa shape index (κ1) is 19.5. The van der Waals surface area contributed by atoms with Gasteiger partial charge in [0.2, 0.25) is 0 Å². The normalized spacial score (nSPS) is 15.9. The summed E-state index contributed by atoms with van der Waals surface area (Å²) in [4.78, 5) is 6.45. The second-order valence-corrected chi connectivity index (χ2v) is 6.18. The van der Waals surface area contributed by atoms with Crippen molar-refractivity contribution < 1.29 is 14.2 Å². The van der Waals surface area contributed by atoms with Gasteiger partial charge < -0.3 is 24.4 Å². The Hall–Kier alpha value is -1.79. The van der Waals surface area contributed by atoms with Crippen LogP contribution in [-0.4, -0.2) is 64.5 Å². The summed E-state index contributed by atoms with van der Waals surface area (Å²) in [5.74, 6) is 1.77. The maximum atomic E-state index is 5.89. The lowest BCUT2D eigenvalue weighted by molar-refractivity contribution is -0.0320. The molecule has 1 aromatic carbocycles. The SMILES string of the molecule is CN=C(NCCCOC1CCOCC1)N(C)Cc1ccccc1OC. The molecule has 0 unspecified atom stereocenters. The highest BCUT2D eigenvalue weighted by atomic mass is 16.5. The summed E-state index contributed by atoms with van der Waals surface area (Å²) >= 11 is 0. The molecular weight excluding hydrogens is 318 g/mol. The molecule has 0 saturated carbocycles. The zero-order valence-corrected chi connectivity index (χ0v) is 15.7. The lowest BCUT2D eigenvalue weighted by Gasteiger charge is -2.24. The van der Waals surface area contributed by atoms with Gasteiger partial charge >= 0.3 is 0 Å². The average Bonchev–Trinajstić information content (AvgIpc) is 2.66. The van der Waals surface area contributed by atoms with E-state index >= 15 is 0 Å². The van der Waals surface area contributed by atoms with Crippen LogP contribution in [0.3, 0.4) is 0 Å². The van der Waals surface area contributed by atoms with Gasteiger partial charge in [0.1, 0.15) is 5.75 Å². The van der Waals surface area contributed by atoms with Gasteiger partial charge in [-0.25, -0.2) is 0 Å².